The van der Waals surface area contributed by atoms with Crippen molar-refractivity contribution in [3.63, 3.8) is 0 Å². The van der Waals surface area contributed by atoms with Crippen molar-refractivity contribution >= 4 is 15.8 Å². The summed E-state index contributed by atoms with van der Waals surface area (Å²) in [5.74, 6) is -1.45. The van der Waals surface area contributed by atoms with Crippen molar-refractivity contribution in [2.75, 3.05) is 0 Å². The molecule has 0 bridgehead atoms. The second-order valence-corrected chi connectivity index (χ2v) is 7.06. The Kier molecular flexibility index (Phi) is 4.51. The predicted octanol–water partition coefficient (Wildman–Crippen LogP) is 2.27. The number of carboxylic acid groups (broad SMARTS) is 1. The molecule has 1 aromatic carbocycles. The summed E-state index contributed by atoms with van der Waals surface area (Å²) >= 11 is 0. The van der Waals surface area contributed by atoms with Crippen molar-refractivity contribution < 1.29 is 18.3 Å². The highest BCUT2D eigenvalue weighted by Crippen LogP contribution is 2.29. The first-order chi connectivity index (χ1) is 8.28. The maximum Gasteiger partial charge on any atom is 0.326 e. The third kappa shape index (κ3) is 2.90. The van der Waals surface area contributed by atoms with Crippen LogP contribution in [0.25, 0.3) is 0 Å². The lowest BCUT2D eigenvalue weighted by Crippen LogP contribution is -2.32. The summed E-state index contributed by atoms with van der Waals surface area (Å²) in [6.07, 6.45) is 0. The van der Waals surface area contributed by atoms with Gasteiger partial charge < -0.3 is 5.11 Å². The van der Waals surface area contributed by atoms with Gasteiger partial charge in [-0.3, -0.25) is 4.79 Å². The number of rotatable bonds is 5. The molecule has 0 amide bonds. The average Bonchev–Trinajstić information content (AvgIpc) is 2.28. The van der Waals surface area contributed by atoms with Crippen LogP contribution in [-0.4, -0.2) is 24.7 Å². The Morgan fingerprint density at radius 1 is 1.11 bits per heavy atom. The second kappa shape index (κ2) is 5.52. The number of hydrogen-bond acceptors (Lipinski definition) is 3. The van der Waals surface area contributed by atoms with E-state index in [9.17, 15) is 18.3 Å². The molecule has 5 heteroatoms. The molecule has 0 radical (unpaired) electrons. The lowest BCUT2D eigenvalue weighted by Gasteiger charge is -2.21. The van der Waals surface area contributed by atoms with E-state index in [2.05, 4.69) is 0 Å². The van der Waals surface area contributed by atoms with Gasteiger partial charge in [0.1, 0.15) is 0 Å². The third-order valence-corrected chi connectivity index (χ3v) is 5.82. The van der Waals surface area contributed by atoms with Gasteiger partial charge in [-0.1, -0.05) is 44.2 Å². The van der Waals surface area contributed by atoms with Crippen molar-refractivity contribution in [3.05, 3.63) is 35.9 Å². The number of carbonyl (C=O) groups is 1. The van der Waals surface area contributed by atoms with Crippen LogP contribution in [0, 0.1) is 5.92 Å². The van der Waals surface area contributed by atoms with E-state index < -0.39 is 26.3 Å². The molecule has 0 saturated carbocycles. The molecule has 0 aromatic heterocycles. The zero-order valence-corrected chi connectivity index (χ0v) is 11.5. The molecule has 1 aromatic rings. The largest absolute Gasteiger partial charge is 0.480 e. The molecule has 0 aliphatic rings. The molecule has 100 valence electrons. The Bertz CT molecular complexity index is 505. The minimum atomic E-state index is -3.75. The molecule has 0 saturated heterocycles. The first-order valence-electron chi connectivity index (χ1n) is 5.79. The van der Waals surface area contributed by atoms with E-state index in [4.69, 9.17) is 0 Å². The van der Waals surface area contributed by atoms with Crippen molar-refractivity contribution in [1.29, 1.82) is 0 Å². The molecule has 1 N–H and O–H groups in total. The van der Waals surface area contributed by atoms with Crippen LogP contribution in [0.4, 0.5) is 0 Å². The Labute approximate surface area is 108 Å². The molecule has 18 heavy (non-hydrogen) atoms. The zero-order chi connectivity index (χ0) is 13.9. The molecule has 4 nitrogen and oxygen atoms in total. The van der Waals surface area contributed by atoms with Gasteiger partial charge in [0.25, 0.3) is 0 Å². The Morgan fingerprint density at radius 3 is 2.00 bits per heavy atom. The summed E-state index contributed by atoms with van der Waals surface area (Å²) in [6, 6.07) is 8.06. The van der Waals surface area contributed by atoms with Gasteiger partial charge in [0.15, 0.2) is 15.1 Å². The molecule has 0 fully saturated rings. The van der Waals surface area contributed by atoms with Crippen LogP contribution in [0.2, 0.25) is 0 Å². The Balaban J connectivity index is 3.27. The topological polar surface area (TPSA) is 71.4 Å². The molecule has 0 aliphatic carbocycles. The summed E-state index contributed by atoms with van der Waals surface area (Å²) in [5.41, 5.74) is 0.303. The van der Waals surface area contributed by atoms with Crippen LogP contribution < -0.4 is 0 Å². The van der Waals surface area contributed by atoms with Crippen molar-refractivity contribution in [2.24, 2.45) is 5.92 Å². The van der Waals surface area contributed by atoms with Crippen LogP contribution in [0.1, 0.15) is 31.6 Å². The van der Waals surface area contributed by atoms with Gasteiger partial charge >= 0.3 is 5.97 Å². The highest BCUT2D eigenvalue weighted by Gasteiger charge is 2.39. The van der Waals surface area contributed by atoms with Crippen LogP contribution in [0.15, 0.2) is 30.3 Å². The number of hydrogen-bond donors (Lipinski definition) is 1. The maximum absolute atomic E-state index is 12.3. The van der Waals surface area contributed by atoms with Gasteiger partial charge in [0.2, 0.25) is 0 Å². The smallest absolute Gasteiger partial charge is 0.326 e. The molecule has 1 rings (SSSR count). The molecule has 0 spiro atoms. The first-order valence-corrected chi connectivity index (χ1v) is 7.40. The van der Waals surface area contributed by atoms with E-state index in [0.29, 0.717) is 5.56 Å². The number of benzene rings is 1. The van der Waals surface area contributed by atoms with Crippen molar-refractivity contribution in [2.45, 2.75) is 31.3 Å². The minimum absolute atomic E-state index is 0.124. The Morgan fingerprint density at radius 2 is 1.61 bits per heavy atom. The molecule has 0 heterocycles. The van der Waals surface area contributed by atoms with Crippen LogP contribution in [-0.2, 0) is 14.6 Å². The Hall–Kier alpha value is -1.36. The van der Waals surface area contributed by atoms with E-state index in [1.54, 1.807) is 39.0 Å². The van der Waals surface area contributed by atoms with Crippen molar-refractivity contribution in [1.82, 2.24) is 0 Å². The summed E-state index contributed by atoms with van der Waals surface area (Å²) in [5, 5.41) is 7.03. The summed E-state index contributed by atoms with van der Waals surface area (Å²) in [4.78, 5) is 11.3. The summed E-state index contributed by atoms with van der Waals surface area (Å²) in [6.45, 7) is 5.09. The van der Waals surface area contributed by atoms with E-state index in [-0.39, 0.29) is 5.92 Å². The third-order valence-electron chi connectivity index (χ3n) is 3.11. The highest BCUT2D eigenvalue weighted by molar-refractivity contribution is 7.93. The molecular formula is C13H18O4S. The lowest BCUT2D eigenvalue weighted by atomic mass is 10.1. The normalized spacial score (nSPS) is 15.3. The van der Waals surface area contributed by atoms with E-state index >= 15 is 0 Å². The summed E-state index contributed by atoms with van der Waals surface area (Å²) in [7, 11) is -3.75. The fraction of sp³-hybridized carbons (Fsp3) is 0.462. The first kappa shape index (κ1) is 14.7. The average molecular weight is 270 g/mol. The fourth-order valence-corrected chi connectivity index (χ4v) is 3.70. The summed E-state index contributed by atoms with van der Waals surface area (Å²) < 4.78 is 24.7. The molecule has 0 aliphatic heterocycles. The zero-order valence-electron chi connectivity index (χ0n) is 10.7. The van der Waals surface area contributed by atoms with Crippen LogP contribution in [0.3, 0.4) is 0 Å². The minimum Gasteiger partial charge on any atom is -0.480 e. The van der Waals surface area contributed by atoms with Crippen LogP contribution in [0.5, 0.6) is 0 Å². The molecular weight excluding hydrogens is 252 g/mol. The predicted molar refractivity (Wildman–Crippen MR) is 70.0 cm³/mol. The van der Waals surface area contributed by atoms with Gasteiger partial charge in [-0.05, 0) is 18.4 Å². The monoisotopic (exact) mass is 270 g/mol. The maximum atomic E-state index is 12.3. The van der Waals surface area contributed by atoms with Gasteiger partial charge in [0, 0.05) is 0 Å². The van der Waals surface area contributed by atoms with E-state index in [1.165, 1.54) is 12.1 Å². The van der Waals surface area contributed by atoms with Crippen molar-refractivity contribution in [3.8, 4) is 0 Å². The standard InChI is InChI=1S/C13H18O4S/c1-9(2)10(3)18(16,17)12(13(14)15)11-7-5-4-6-8-11/h4-10,12H,1-3H3,(H,14,15). The van der Waals surface area contributed by atoms with Gasteiger partial charge in [-0.15, -0.1) is 0 Å². The van der Waals surface area contributed by atoms with E-state index in [0.717, 1.165) is 0 Å². The van der Waals surface area contributed by atoms with Gasteiger partial charge in [0.05, 0.1) is 5.25 Å². The van der Waals surface area contributed by atoms with E-state index in [1.807, 2.05) is 0 Å². The number of carboxylic acids is 1. The van der Waals surface area contributed by atoms with Gasteiger partial charge in [-0.2, -0.15) is 0 Å². The quantitative estimate of drug-likeness (QED) is 0.891. The second-order valence-electron chi connectivity index (χ2n) is 4.67. The number of sulfone groups is 1. The number of aliphatic carboxylic acids is 1. The SMILES string of the molecule is CC(C)C(C)S(=O)(=O)C(C(=O)O)c1ccccc1. The van der Waals surface area contributed by atoms with Crippen LogP contribution >= 0.6 is 0 Å². The lowest BCUT2D eigenvalue weighted by molar-refractivity contribution is -0.136. The highest BCUT2D eigenvalue weighted by atomic mass is 32.2. The fourth-order valence-electron chi connectivity index (χ4n) is 1.69. The van der Waals surface area contributed by atoms with Gasteiger partial charge in [-0.25, -0.2) is 8.42 Å². The molecule has 2 unspecified atom stereocenters. The molecule has 2 atom stereocenters.